The number of fused-ring (bicyclic) bond motifs is 1. The molecule has 1 unspecified atom stereocenters. The van der Waals surface area contributed by atoms with Crippen LogP contribution in [-0.4, -0.2) is 22.7 Å². The van der Waals surface area contributed by atoms with Gasteiger partial charge in [-0.15, -0.1) is 11.8 Å². The molecular formula is C38H30N4O3S2. The van der Waals surface area contributed by atoms with Gasteiger partial charge in [0, 0.05) is 16.1 Å². The Kier molecular flexibility index (Phi) is 9.86. The van der Waals surface area contributed by atoms with Crippen LogP contribution in [0.5, 0.6) is 0 Å². The van der Waals surface area contributed by atoms with Crippen molar-refractivity contribution in [2.45, 2.75) is 17.1 Å². The lowest BCUT2D eigenvalue weighted by Gasteiger charge is -2.17. The molecule has 3 N–H and O–H groups in total. The van der Waals surface area contributed by atoms with Crippen molar-refractivity contribution < 1.29 is 14.4 Å². The topological polar surface area (TPSA) is 100 Å². The van der Waals surface area contributed by atoms with Crippen LogP contribution in [0.3, 0.4) is 0 Å². The molecule has 0 bridgehead atoms. The molecule has 0 fully saturated rings. The largest absolute Gasteiger partial charge is 0.321 e. The number of carbonyl (C=O) groups is 3. The van der Waals surface area contributed by atoms with Gasteiger partial charge >= 0.3 is 0 Å². The van der Waals surface area contributed by atoms with Crippen molar-refractivity contribution in [2.75, 3.05) is 10.6 Å². The molecule has 3 amide bonds. The standard InChI is InChI=1S/C38H30N4O3S2/c1-25-20-21-31-33(22-25)47-38(41-31)42-37(45)34(27-14-7-3-8-15-27)46-30-19-11-18-29(24-30)39-36(44)32(23-26-12-5-2-6-13-26)40-35(43)28-16-9-4-10-17-28/h2-24,34H,1H3,(H,39,44)(H,40,43)(H,41,42,45)/b32-23-. The van der Waals surface area contributed by atoms with E-state index in [4.69, 9.17) is 0 Å². The smallest absolute Gasteiger partial charge is 0.272 e. The molecule has 0 saturated carbocycles. The highest BCUT2D eigenvalue weighted by atomic mass is 32.2. The summed E-state index contributed by atoms with van der Waals surface area (Å²) in [6.07, 6.45) is 1.63. The summed E-state index contributed by atoms with van der Waals surface area (Å²) in [6, 6.07) is 40.9. The van der Waals surface area contributed by atoms with E-state index >= 15 is 0 Å². The Bertz CT molecular complexity index is 2060. The average Bonchev–Trinajstić information content (AvgIpc) is 3.49. The van der Waals surface area contributed by atoms with Gasteiger partial charge in [0.05, 0.1) is 10.2 Å². The van der Waals surface area contributed by atoms with Gasteiger partial charge in [0.2, 0.25) is 5.91 Å². The summed E-state index contributed by atoms with van der Waals surface area (Å²) in [5.41, 5.74) is 4.60. The van der Waals surface area contributed by atoms with Crippen molar-refractivity contribution in [1.29, 1.82) is 0 Å². The van der Waals surface area contributed by atoms with Crippen molar-refractivity contribution in [2.24, 2.45) is 0 Å². The van der Waals surface area contributed by atoms with E-state index in [1.807, 2.05) is 104 Å². The second-order valence-corrected chi connectivity index (χ2v) is 12.9. The van der Waals surface area contributed by atoms with Gasteiger partial charge in [0.15, 0.2) is 5.13 Å². The SMILES string of the molecule is Cc1ccc2nc(NC(=O)C(Sc3cccc(NC(=O)/C(=C/c4ccccc4)NC(=O)c4ccccc4)c3)c3ccccc3)sc2c1. The first kappa shape index (κ1) is 31.5. The van der Waals surface area contributed by atoms with Crippen molar-refractivity contribution in [3.05, 3.63) is 161 Å². The Morgan fingerprint density at radius 2 is 1.47 bits per heavy atom. The van der Waals surface area contributed by atoms with Crippen LogP contribution < -0.4 is 16.0 Å². The van der Waals surface area contributed by atoms with Crippen LogP contribution in [0.4, 0.5) is 10.8 Å². The van der Waals surface area contributed by atoms with E-state index in [1.54, 1.807) is 36.4 Å². The molecule has 6 aromatic rings. The summed E-state index contributed by atoms with van der Waals surface area (Å²) >= 11 is 2.81. The van der Waals surface area contributed by atoms with Crippen molar-refractivity contribution in [3.8, 4) is 0 Å². The maximum atomic E-state index is 13.7. The van der Waals surface area contributed by atoms with E-state index in [-0.39, 0.29) is 11.6 Å². The third-order valence-corrected chi connectivity index (χ3v) is 9.28. The Morgan fingerprint density at radius 3 is 2.21 bits per heavy atom. The zero-order valence-electron chi connectivity index (χ0n) is 25.3. The lowest BCUT2D eigenvalue weighted by atomic mass is 10.1. The molecule has 0 radical (unpaired) electrons. The van der Waals surface area contributed by atoms with E-state index in [0.717, 1.165) is 31.8 Å². The molecule has 0 aliphatic carbocycles. The molecule has 232 valence electrons. The number of thioether (sulfide) groups is 1. The second kappa shape index (κ2) is 14.7. The van der Waals surface area contributed by atoms with Crippen LogP contribution in [0.15, 0.2) is 144 Å². The molecule has 0 saturated heterocycles. The molecule has 0 aliphatic heterocycles. The molecule has 0 aliphatic rings. The quantitative estimate of drug-likeness (QED) is 0.102. The van der Waals surface area contributed by atoms with Crippen molar-refractivity contribution >= 4 is 67.9 Å². The maximum Gasteiger partial charge on any atom is 0.272 e. The fourth-order valence-electron chi connectivity index (χ4n) is 4.80. The number of benzene rings is 5. The summed E-state index contributed by atoms with van der Waals surface area (Å²) in [6.45, 7) is 2.02. The number of amides is 3. The van der Waals surface area contributed by atoms with Gasteiger partial charge < -0.3 is 16.0 Å². The number of rotatable bonds is 10. The Labute approximate surface area is 280 Å². The first-order valence-corrected chi connectivity index (χ1v) is 16.5. The number of aryl methyl sites for hydroxylation is 1. The molecular weight excluding hydrogens is 625 g/mol. The van der Waals surface area contributed by atoms with Crippen LogP contribution in [-0.2, 0) is 9.59 Å². The normalized spacial score (nSPS) is 11.9. The zero-order valence-corrected chi connectivity index (χ0v) is 27.0. The van der Waals surface area contributed by atoms with E-state index in [9.17, 15) is 14.4 Å². The minimum absolute atomic E-state index is 0.0932. The molecule has 1 aromatic heterocycles. The minimum Gasteiger partial charge on any atom is -0.321 e. The summed E-state index contributed by atoms with van der Waals surface area (Å²) in [5.74, 6) is -1.08. The van der Waals surface area contributed by atoms with Gasteiger partial charge in [-0.05, 0) is 72.2 Å². The Hall–Kier alpha value is -5.51. The summed E-state index contributed by atoms with van der Waals surface area (Å²) < 4.78 is 1.01. The summed E-state index contributed by atoms with van der Waals surface area (Å²) in [7, 11) is 0. The number of nitrogens with zero attached hydrogens (tertiary/aromatic N) is 1. The predicted octanol–water partition coefficient (Wildman–Crippen LogP) is 8.49. The lowest BCUT2D eigenvalue weighted by molar-refractivity contribution is -0.116. The second-order valence-electron chi connectivity index (χ2n) is 10.7. The number of anilines is 2. The van der Waals surface area contributed by atoms with Gasteiger partial charge in [-0.2, -0.15) is 0 Å². The first-order valence-electron chi connectivity index (χ1n) is 14.9. The molecule has 1 heterocycles. The summed E-state index contributed by atoms with van der Waals surface area (Å²) in [5, 5.41) is 8.65. The highest BCUT2D eigenvalue weighted by Gasteiger charge is 2.24. The first-order chi connectivity index (χ1) is 22.9. The van der Waals surface area contributed by atoms with Crippen LogP contribution in [0.2, 0.25) is 0 Å². The number of nitrogens with one attached hydrogen (secondary N) is 3. The Balaban J connectivity index is 1.22. The molecule has 1 atom stereocenters. The van der Waals surface area contributed by atoms with Crippen LogP contribution in [0, 0.1) is 6.92 Å². The van der Waals surface area contributed by atoms with Crippen LogP contribution in [0.25, 0.3) is 16.3 Å². The number of thiazole rings is 1. The minimum atomic E-state index is -0.588. The molecule has 9 heteroatoms. The number of hydrogen-bond acceptors (Lipinski definition) is 6. The number of carbonyl (C=O) groups excluding carboxylic acids is 3. The highest BCUT2D eigenvalue weighted by molar-refractivity contribution is 8.00. The van der Waals surface area contributed by atoms with Crippen LogP contribution >= 0.6 is 23.1 Å². The van der Waals surface area contributed by atoms with Gasteiger partial charge in [-0.3, -0.25) is 14.4 Å². The molecule has 47 heavy (non-hydrogen) atoms. The zero-order chi connectivity index (χ0) is 32.6. The molecule has 6 rings (SSSR count). The van der Waals surface area contributed by atoms with Gasteiger partial charge in [-0.25, -0.2) is 4.98 Å². The lowest BCUT2D eigenvalue weighted by Crippen LogP contribution is -2.30. The number of hydrogen-bond donors (Lipinski definition) is 3. The van der Waals surface area contributed by atoms with E-state index in [1.165, 1.54) is 23.1 Å². The van der Waals surface area contributed by atoms with Gasteiger partial charge in [0.25, 0.3) is 11.8 Å². The Morgan fingerprint density at radius 1 is 0.766 bits per heavy atom. The fourth-order valence-corrected chi connectivity index (χ4v) is 6.85. The molecule has 7 nitrogen and oxygen atoms in total. The monoisotopic (exact) mass is 654 g/mol. The van der Waals surface area contributed by atoms with E-state index in [0.29, 0.717) is 16.4 Å². The molecule has 5 aromatic carbocycles. The van der Waals surface area contributed by atoms with Crippen LogP contribution in [0.1, 0.15) is 32.3 Å². The van der Waals surface area contributed by atoms with Crippen molar-refractivity contribution in [3.63, 3.8) is 0 Å². The fraction of sp³-hybridized carbons (Fsp3) is 0.0526. The average molecular weight is 655 g/mol. The van der Waals surface area contributed by atoms with Crippen molar-refractivity contribution in [1.82, 2.24) is 10.3 Å². The van der Waals surface area contributed by atoms with Gasteiger partial charge in [-0.1, -0.05) is 102 Å². The highest BCUT2D eigenvalue weighted by Crippen LogP contribution is 2.38. The van der Waals surface area contributed by atoms with Gasteiger partial charge in [0.1, 0.15) is 10.9 Å². The maximum absolute atomic E-state index is 13.7. The van der Waals surface area contributed by atoms with E-state index < -0.39 is 17.1 Å². The number of aromatic nitrogens is 1. The molecule has 0 spiro atoms. The third-order valence-electron chi connectivity index (χ3n) is 7.10. The summed E-state index contributed by atoms with van der Waals surface area (Å²) in [4.78, 5) is 45.7. The third kappa shape index (κ3) is 8.21. The van der Waals surface area contributed by atoms with E-state index in [2.05, 4.69) is 27.0 Å². The predicted molar refractivity (Wildman–Crippen MR) is 191 cm³/mol.